The third kappa shape index (κ3) is 3.05. The molecule has 0 aliphatic heterocycles. The first-order valence-electron chi connectivity index (χ1n) is 5.81. The van der Waals surface area contributed by atoms with Crippen molar-refractivity contribution in [1.29, 1.82) is 0 Å². The molecule has 1 aromatic carbocycles. The number of carbonyl (C=O) groups is 1. The van der Waals surface area contributed by atoms with Gasteiger partial charge in [-0.25, -0.2) is 0 Å². The second-order valence-corrected chi connectivity index (χ2v) is 4.95. The molecule has 3 N–H and O–H groups in total. The van der Waals surface area contributed by atoms with Gasteiger partial charge in [0.25, 0.3) is 5.91 Å². The molecule has 19 heavy (non-hydrogen) atoms. The zero-order valence-corrected chi connectivity index (χ0v) is 11.6. The van der Waals surface area contributed by atoms with Gasteiger partial charge in [-0.15, -0.1) is 10.2 Å². The molecule has 0 aliphatic carbocycles. The molecule has 100 valence electrons. The molecule has 7 heteroatoms. The smallest absolute Gasteiger partial charge is 0.251 e. The Bertz CT molecular complexity index is 596. The summed E-state index contributed by atoms with van der Waals surface area (Å²) in [6.07, 6.45) is 1.62. The minimum atomic E-state index is -0.109. The molecule has 0 spiro atoms. The van der Waals surface area contributed by atoms with E-state index in [9.17, 15) is 4.79 Å². The first-order chi connectivity index (χ1) is 9.11. The normalized spacial score (nSPS) is 10.4. The van der Waals surface area contributed by atoms with Crippen LogP contribution in [0.2, 0.25) is 0 Å². The van der Waals surface area contributed by atoms with Crippen LogP contribution in [0, 0.1) is 0 Å². The number of anilines is 1. The van der Waals surface area contributed by atoms with E-state index in [1.807, 2.05) is 14.0 Å². The number of hydrogen-bond donors (Lipinski definition) is 2. The van der Waals surface area contributed by atoms with Crippen LogP contribution >= 0.6 is 11.8 Å². The predicted molar refractivity (Wildman–Crippen MR) is 74.0 cm³/mol. The largest absolute Gasteiger partial charge is 0.398 e. The van der Waals surface area contributed by atoms with Gasteiger partial charge in [0.15, 0.2) is 5.16 Å². The van der Waals surface area contributed by atoms with Gasteiger partial charge < -0.3 is 15.6 Å². The van der Waals surface area contributed by atoms with Crippen LogP contribution in [0.15, 0.2) is 34.6 Å². The van der Waals surface area contributed by atoms with Gasteiger partial charge in [0.2, 0.25) is 0 Å². The van der Waals surface area contributed by atoms with Crippen molar-refractivity contribution in [2.75, 3.05) is 12.3 Å². The molecule has 0 saturated heterocycles. The molecule has 0 aliphatic rings. The molecule has 0 bridgehead atoms. The summed E-state index contributed by atoms with van der Waals surface area (Å²) in [5, 5.41) is 11.3. The van der Waals surface area contributed by atoms with Crippen molar-refractivity contribution >= 4 is 23.4 Å². The van der Waals surface area contributed by atoms with Gasteiger partial charge in [-0.1, -0.05) is 0 Å². The molecular weight excluding hydrogens is 262 g/mol. The summed E-state index contributed by atoms with van der Waals surface area (Å²) in [5.41, 5.74) is 7.12. The van der Waals surface area contributed by atoms with E-state index in [1.165, 1.54) is 11.8 Å². The number of nitrogen functional groups attached to an aromatic ring is 1. The third-order valence-electron chi connectivity index (χ3n) is 2.48. The highest BCUT2D eigenvalue weighted by molar-refractivity contribution is 7.99. The van der Waals surface area contributed by atoms with Gasteiger partial charge in [-0.05, 0) is 36.9 Å². The van der Waals surface area contributed by atoms with Crippen LogP contribution in [0.1, 0.15) is 17.3 Å². The van der Waals surface area contributed by atoms with Crippen LogP contribution in [-0.2, 0) is 7.05 Å². The van der Waals surface area contributed by atoms with E-state index in [1.54, 1.807) is 29.1 Å². The predicted octanol–water partition coefficient (Wildman–Crippen LogP) is 1.30. The van der Waals surface area contributed by atoms with E-state index < -0.39 is 0 Å². The number of nitrogens with one attached hydrogen (secondary N) is 1. The van der Waals surface area contributed by atoms with Crippen LogP contribution in [0.25, 0.3) is 0 Å². The molecule has 0 unspecified atom stereocenters. The molecule has 1 aromatic heterocycles. The summed E-state index contributed by atoms with van der Waals surface area (Å²) in [6.45, 7) is 2.47. The van der Waals surface area contributed by atoms with E-state index in [4.69, 9.17) is 5.73 Å². The maximum atomic E-state index is 11.8. The van der Waals surface area contributed by atoms with Crippen molar-refractivity contribution in [1.82, 2.24) is 20.1 Å². The number of amides is 1. The Labute approximate surface area is 115 Å². The number of carbonyl (C=O) groups excluding carboxylic acids is 1. The highest BCUT2D eigenvalue weighted by Crippen LogP contribution is 2.31. The zero-order chi connectivity index (χ0) is 13.8. The topological polar surface area (TPSA) is 85.8 Å². The van der Waals surface area contributed by atoms with Crippen LogP contribution in [-0.4, -0.2) is 27.2 Å². The Morgan fingerprint density at radius 2 is 2.32 bits per heavy atom. The Morgan fingerprint density at radius 3 is 2.95 bits per heavy atom. The average molecular weight is 277 g/mol. The summed E-state index contributed by atoms with van der Waals surface area (Å²) in [6, 6.07) is 5.20. The fourth-order valence-corrected chi connectivity index (χ4v) is 2.34. The zero-order valence-electron chi connectivity index (χ0n) is 10.8. The molecule has 0 fully saturated rings. The lowest BCUT2D eigenvalue weighted by molar-refractivity contribution is 0.0955. The molecule has 2 aromatic rings. The van der Waals surface area contributed by atoms with E-state index in [-0.39, 0.29) is 5.91 Å². The van der Waals surface area contributed by atoms with Gasteiger partial charge in [0.05, 0.1) is 0 Å². The summed E-state index contributed by atoms with van der Waals surface area (Å²) < 4.78 is 1.79. The number of hydrogen-bond acceptors (Lipinski definition) is 5. The fraction of sp³-hybridized carbons (Fsp3) is 0.250. The highest BCUT2D eigenvalue weighted by Gasteiger charge is 2.11. The molecule has 0 radical (unpaired) electrons. The average Bonchev–Trinajstić information content (AvgIpc) is 2.78. The van der Waals surface area contributed by atoms with Crippen molar-refractivity contribution in [3.8, 4) is 0 Å². The SMILES string of the molecule is CCNC(=O)c1ccc(N)c(Sc2nncn2C)c1. The second kappa shape index (κ2) is 5.75. The van der Waals surface area contributed by atoms with Crippen LogP contribution in [0.3, 0.4) is 0 Å². The number of benzene rings is 1. The highest BCUT2D eigenvalue weighted by atomic mass is 32.2. The molecular formula is C12H15N5OS. The van der Waals surface area contributed by atoms with Gasteiger partial charge in [-0.2, -0.15) is 0 Å². The number of aromatic nitrogens is 3. The monoisotopic (exact) mass is 277 g/mol. The number of nitrogens with two attached hydrogens (primary N) is 1. The van der Waals surface area contributed by atoms with E-state index >= 15 is 0 Å². The van der Waals surface area contributed by atoms with Crippen molar-refractivity contribution < 1.29 is 4.79 Å². The number of rotatable bonds is 4. The van der Waals surface area contributed by atoms with Crippen molar-refractivity contribution in [2.24, 2.45) is 7.05 Å². The molecule has 1 heterocycles. The van der Waals surface area contributed by atoms with E-state index in [0.29, 0.717) is 17.8 Å². The van der Waals surface area contributed by atoms with Crippen molar-refractivity contribution in [3.63, 3.8) is 0 Å². The van der Waals surface area contributed by atoms with Gasteiger partial charge in [0.1, 0.15) is 6.33 Å². The Kier molecular flexibility index (Phi) is 4.06. The summed E-state index contributed by atoms with van der Waals surface area (Å²) in [4.78, 5) is 12.6. The summed E-state index contributed by atoms with van der Waals surface area (Å²) >= 11 is 1.38. The first kappa shape index (κ1) is 13.4. The quantitative estimate of drug-likeness (QED) is 0.823. The Morgan fingerprint density at radius 1 is 1.53 bits per heavy atom. The molecule has 6 nitrogen and oxygen atoms in total. The van der Waals surface area contributed by atoms with Crippen LogP contribution in [0.4, 0.5) is 5.69 Å². The van der Waals surface area contributed by atoms with Gasteiger partial charge in [-0.3, -0.25) is 4.79 Å². The lowest BCUT2D eigenvalue weighted by Gasteiger charge is -2.07. The summed E-state index contributed by atoms with van der Waals surface area (Å²) in [7, 11) is 1.85. The first-order valence-corrected chi connectivity index (χ1v) is 6.63. The number of nitrogens with zero attached hydrogens (tertiary/aromatic N) is 3. The number of aryl methyl sites for hydroxylation is 1. The van der Waals surface area contributed by atoms with E-state index in [2.05, 4.69) is 15.5 Å². The lowest BCUT2D eigenvalue weighted by Crippen LogP contribution is -2.22. The second-order valence-electron chi connectivity index (χ2n) is 3.94. The van der Waals surface area contributed by atoms with Gasteiger partial charge >= 0.3 is 0 Å². The minimum Gasteiger partial charge on any atom is -0.398 e. The van der Waals surface area contributed by atoms with Crippen molar-refractivity contribution in [3.05, 3.63) is 30.1 Å². The third-order valence-corrected chi connectivity index (χ3v) is 3.61. The van der Waals surface area contributed by atoms with Gasteiger partial charge in [0, 0.05) is 29.7 Å². The fourth-order valence-electron chi connectivity index (χ4n) is 1.49. The lowest BCUT2D eigenvalue weighted by atomic mass is 10.2. The van der Waals surface area contributed by atoms with Crippen LogP contribution in [0.5, 0.6) is 0 Å². The van der Waals surface area contributed by atoms with E-state index in [0.717, 1.165) is 10.1 Å². The molecule has 0 atom stereocenters. The van der Waals surface area contributed by atoms with Crippen molar-refractivity contribution in [2.45, 2.75) is 17.0 Å². The molecule has 0 saturated carbocycles. The Balaban J connectivity index is 2.27. The standard InChI is InChI=1S/C12H15N5OS/c1-3-14-11(18)8-4-5-9(13)10(6-8)19-12-16-15-7-17(12)2/h4-7H,3,13H2,1-2H3,(H,14,18). The maximum Gasteiger partial charge on any atom is 0.251 e. The Hall–Kier alpha value is -2.02. The summed E-state index contributed by atoms with van der Waals surface area (Å²) in [5.74, 6) is -0.109. The molecule has 1 amide bonds. The molecule has 2 rings (SSSR count). The van der Waals surface area contributed by atoms with Crippen LogP contribution < -0.4 is 11.1 Å². The minimum absolute atomic E-state index is 0.109. The maximum absolute atomic E-state index is 11.8.